The third-order valence-electron chi connectivity index (χ3n) is 3.99. The van der Waals surface area contributed by atoms with Crippen molar-refractivity contribution in [1.82, 2.24) is 0 Å². The Morgan fingerprint density at radius 1 is 0.667 bits per heavy atom. The van der Waals surface area contributed by atoms with Gasteiger partial charge in [-0.25, -0.2) is 0 Å². The van der Waals surface area contributed by atoms with E-state index in [-0.39, 0.29) is 6.10 Å². The summed E-state index contributed by atoms with van der Waals surface area (Å²) < 4.78 is 0. The zero-order valence-corrected chi connectivity index (χ0v) is 11.8. The molecule has 0 aromatic carbocycles. The molecule has 0 aromatic heterocycles. The van der Waals surface area contributed by atoms with E-state index in [1.807, 2.05) is 0 Å². The number of ketones is 1. The maximum absolute atomic E-state index is 11.6. The van der Waals surface area contributed by atoms with Gasteiger partial charge in [0.05, 0.1) is 6.10 Å². The molecule has 106 valence electrons. The van der Waals surface area contributed by atoms with Gasteiger partial charge in [0, 0.05) is 12.8 Å². The van der Waals surface area contributed by atoms with Gasteiger partial charge in [0.1, 0.15) is 5.78 Å². The molecule has 2 heteroatoms. The summed E-state index contributed by atoms with van der Waals surface area (Å²) in [6, 6.07) is 0. The lowest BCUT2D eigenvalue weighted by Gasteiger charge is -2.10. The van der Waals surface area contributed by atoms with Crippen LogP contribution in [0.1, 0.15) is 89.9 Å². The largest absolute Gasteiger partial charge is 0.393 e. The first-order valence-corrected chi connectivity index (χ1v) is 7.99. The van der Waals surface area contributed by atoms with E-state index in [2.05, 4.69) is 0 Å². The molecule has 1 N–H and O–H groups in total. The van der Waals surface area contributed by atoms with Crippen molar-refractivity contribution in [2.45, 2.75) is 96.0 Å². The molecule has 1 fully saturated rings. The Hall–Kier alpha value is -0.370. The van der Waals surface area contributed by atoms with Crippen LogP contribution >= 0.6 is 0 Å². The second kappa shape index (κ2) is 10.5. The zero-order valence-electron chi connectivity index (χ0n) is 11.8. The fourth-order valence-corrected chi connectivity index (χ4v) is 2.73. The van der Waals surface area contributed by atoms with Crippen LogP contribution in [0, 0.1) is 0 Å². The van der Waals surface area contributed by atoms with Crippen molar-refractivity contribution in [2.75, 3.05) is 0 Å². The summed E-state index contributed by atoms with van der Waals surface area (Å²) in [5, 5.41) is 9.80. The minimum atomic E-state index is -0.131. The summed E-state index contributed by atoms with van der Waals surface area (Å²) >= 11 is 0. The maximum atomic E-state index is 11.6. The monoisotopic (exact) mass is 254 g/mol. The molecule has 18 heavy (non-hydrogen) atoms. The molecular formula is C16H30O2. The van der Waals surface area contributed by atoms with E-state index in [1.54, 1.807) is 0 Å². The van der Waals surface area contributed by atoms with Gasteiger partial charge in [-0.15, -0.1) is 0 Å². The number of carbonyl (C=O) groups is 1. The number of hydrogen-bond acceptors (Lipinski definition) is 2. The van der Waals surface area contributed by atoms with Gasteiger partial charge >= 0.3 is 0 Å². The van der Waals surface area contributed by atoms with Crippen LogP contribution in [-0.4, -0.2) is 17.0 Å². The molecule has 1 aliphatic carbocycles. The average molecular weight is 254 g/mol. The molecule has 0 amide bonds. The predicted octanol–water partition coefficient (Wildman–Crippen LogP) is 4.39. The Morgan fingerprint density at radius 2 is 1.06 bits per heavy atom. The highest BCUT2D eigenvalue weighted by Gasteiger charge is 2.06. The van der Waals surface area contributed by atoms with E-state index in [4.69, 9.17) is 0 Å². The van der Waals surface area contributed by atoms with E-state index in [0.29, 0.717) is 5.78 Å². The van der Waals surface area contributed by atoms with Gasteiger partial charge in [0.2, 0.25) is 0 Å². The van der Waals surface area contributed by atoms with Crippen molar-refractivity contribution in [1.29, 1.82) is 0 Å². The Balaban J connectivity index is 2.20. The molecular weight excluding hydrogens is 224 g/mol. The highest BCUT2D eigenvalue weighted by molar-refractivity contribution is 5.78. The summed E-state index contributed by atoms with van der Waals surface area (Å²) in [6.07, 6.45) is 15.2. The molecule has 0 saturated heterocycles. The van der Waals surface area contributed by atoms with Crippen LogP contribution in [0.3, 0.4) is 0 Å². The SMILES string of the molecule is O=C1CCCCCCCCCCC(O)CCCC1. The lowest BCUT2D eigenvalue weighted by atomic mass is 9.99. The molecule has 0 spiro atoms. The maximum Gasteiger partial charge on any atom is 0.132 e. The fraction of sp³-hybridized carbons (Fsp3) is 0.938. The normalized spacial score (nSPS) is 26.9. The first-order chi connectivity index (χ1) is 8.79. The van der Waals surface area contributed by atoms with Gasteiger partial charge in [-0.05, 0) is 25.7 Å². The van der Waals surface area contributed by atoms with Crippen LogP contribution in [0.5, 0.6) is 0 Å². The van der Waals surface area contributed by atoms with E-state index >= 15 is 0 Å². The van der Waals surface area contributed by atoms with Crippen LogP contribution in [0.2, 0.25) is 0 Å². The van der Waals surface area contributed by atoms with Crippen molar-refractivity contribution in [3.05, 3.63) is 0 Å². The quantitative estimate of drug-likeness (QED) is 0.696. The molecule has 1 atom stereocenters. The first-order valence-electron chi connectivity index (χ1n) is 7.99. The van der Waals surface area contributed by atoms with E-state index < -0.39 is 0 Å². The molecule has 1 aliphatic rings. The third-order valence-corrected chi connectivity index (χ3v) is 3.99. The second-order valence-corrected chi connectivity index (χ2v) is 5.81. The van der Waals surface area contributed by atoms with Crippen LogP contribution in [0.15, 0.2) is 0 Å². The molecule has 1 unspecified atom stereocenters. The standard InChI is InChI=1S/C16H30O2/c17-15-11-7-5-3-1-2-4-6-8-12-16(18)14-10-9-13-15/h15,17H,1-14H2. The van der Waals surface area contributed by atoms with E-state index in [0.717, 1.165) is 44.9 Å². The van der Waals surface area contributed by atoms with Crippen molar-refractivity contribution < 1.29 is 9.90 Å². The third kappa shape index (κ3) is 8.68. The highest BCUT2D eigenvalue weighted by atomic mass is 16.3. The van der Waals surface area contributed by atoms with Crippen LogP contribution < -0.4 is 0 Å². The van der Waals surface area contributed by atoms with Crippen molar-refractivity contribution in [2.24, 2.45) is 0 Å². The van der Waals surface area contributed by atoms with Crippen molar-refractivity contribution in [3.8, 4) is 0 Å². The minimum Gasteiger partial charge on any atom is -0.393 e. The van der Waals surface area contributed by atoms with Crippen molar-refractivity contribution >= 4 is 5.78 Å². The summed E-state index contributed by atoms with van der Waals surface area (Å²) in [5.74, 6) is 0.427. The Bertz CT molecular complexity index is 213. The first kappa shape index (κ1) is 15.7. The average Bonchev–Trinajstić information content (AvgIpc) is 2.35. The number of aliphatic hydroxyl groups excluding tert-OH is 1. The lowest BCUT2D eigenvalue weighted by Crippen LogP contribution is -2.07. The van der Waals surface area contributed by atoms with Gasteiger partial charge in [-0.2, -0.15) is 0 Å². The summed E-state index contributed by atoms with van der Waals surface area (Å²) in [5.41, 5.74) is 0. The molecule has 0 aliphatic heterocycles. The second-order valence-electron chi connectivity index (χ2n) is 5.81. The van der Waals surface area contributed by atoms with Gasteiger partial charge in [-0.3, -0.25) is 4.79 Å². The molecule has 1 saturated carbocycles. The molecule has 0 heterocycles. The van der Waals surface area contributed by atoms with E-state index in [1.165, 1.54) is 44.9 Å². The Morgan fingerprint density at radius 3 is 1.67 bits per heavy atom. The molecule has 2 nitrogen and oxygen atoms in total. The van der Waals surface area contributed by atoms with Gasteiger partial charge in [0.25, 0.3) is 0 Å². The number of carbonyl (C=O) groups excluding carboxylic acids is 1. The topological polar surface area (TPSA) is 37.3 Å². The van der Waals surface area contributed by atoms with Crippen LogP contribution in [-0.2, 0) is 4.79 Å². The lowest BCUT2D eigenvalue weighted by molar-refractivity contribution is -0.119. The molecule has 0 radical (unpaired) electrons. The zero-order chi connectivity index (χ0) is 13.1. The fourth-order valence-electron chi connectivity index (χ4n) is 2.73. The molecule has 0 aromatic rings. The summed E-state index contributed by atoms with van der Waals surface area (Å²) in [6.45, 7) is 0. The van der Waals surface area contributed by atoms with Crippen molar-refractivity contribution in [3.63, 3.8) is 0 Å². The summed E-state index contributed by atoms with van der Waals surface area (Å²) in [4.78, 5) is 11.6. The smallest absolute Gasteiger partial charge is 0.132 e. The minimum absolute atomic E-state index is 0.131. The number of Topliss-reactive ketones (excluding diaryl/α,β-unsaturated/α-hetero) is 1. The van der Waals surface area contributed by atoms with Gasteiger partial charge < -0.3 is 5.11 Å². The van der Waals surface area contributed by atoms with E-state index in [9.17, 15) is 9.90 Å². The number of hydrogen-bond donors (Lipinski definition) is 1. The highest BCUT2D eigenvalue weighted by Crippen LogP contribution is 2.15. The Labute approximate surface area is 112 Å². The van der Waals surface area contributed by atoms with Gasteiger partial charge in [-0.1, -0.05) is 51.4 Å². The van der Waals surface area contributed by atoms with Crippen LogP contribution in [0.4, 0.5) is 0 Å². The Kier molecular flexibility index (Phi) is 9.19. The molecule has 0 bridgehead atoms. The van der Waals surface area contributed by atoms with Gasteiger partial charge in [0.15, 0.2) is 0 Å². The molecule has 1 rings (SSSR count). The number of rotatable bonds is 0. The van der Waals surface area contributed by atoms with Crippen LogP contribution in [0.25, 0.3) is 0 Å². The summed E-state index contributed by atoms with van der Waals surface area (Å²) in [7, 11) is 0. The number of aliphatic hydroxyl groups is 1. The predicted molar refractivity (Wildman–Crippen MR) is 75.7 cm³/mol.